The van der Waals surface area contributed by atoms with Gasteiger partial charge in [0, 0.05) is 29.5 Å². The highest BCUT2D eigenvalue weighted by atomic mass is 32.1. The lowest BCUT2D eigenvalue weighted by Gasteiger charge is -2.47. The zero-order chi connectivity index (χ0) is 15.9. The molecule has 1 aliphatic rings. The molecule has 2 aromatic rings. The van der Waals surface area contributed by atoms with E-state index in [1.807, 2.05) is 31.4 Å². The summed E-state index contributed by atoms with van der Waals surface area (Å²) in [4.78, 5) is 1.11. The average molecular weight is 324 g/mol. The minimum Gasteiger partial charge on any atom is -0.390 e. The van der Waals surface area contributed by atoms with E-state index in [0.29, 0.717) is 17.8 Å². The first kappa shape index (κ1) is 15.4. The Morgan fingerprint density at radius 2 is 2.18 bits per heavy atom. The number of hydrogen-bond acceptors (Lipinski definition) is 4. The largest absolute Gasteiger partial charge is 0.390 e. The van der Waals surface area contributed by atoms with Crippen LogP contribution in [-0.4, -0.2) is 16.7 Å². The van der Waals surface area contributed by atoms with Crippen LogP contribution in [0.1, 0.15) is 24.3 Å². The smallest absolute Gasteiger partial charge is 0.131 e. The van der Waals surface area contributed by atoms with Crippen LogP contribution >= 0.6 is 11.3 Å². The van der Waals surface area contributed by atoms with E-state index >= 15 is 0 Å². The Labute approximate surface area is 132 Å². The van der Waals surface area contributed by atoms with E-state index in [9.17, 15) is 13.9 Å². The van der Waals surface area contributed by atoms with Gasteiger partial charge in [0.2, 0.25) is 0 Å². The van der Waals surface area contributed by atoms with Gasteiger partial charge in [-0.05, 0) is 31.4 Å². The lowest BCUT2D eigenvalue weighted by Crippen LogP contribution is -2.61. The molecule has 0 bridgehead atoms. The summed E-state index contributed by atoms with van der Waals surface area (Å²) < 4.78 is 27.7. The van der Waals surface area contributed by atoms with Crippen LogP contribution in [0.5, 0.6) is 0 Å². The fourth-order valence-corrected chi connectivity index (χ4v) is 3.39. The molecule has 22 heavy (non-hydrogen) atoms. The maximum Gasteiger partial charge on any atom is 0.131 e. The maximum atomic E-state index is 14.0. The Hall–Kier alpha value is -1.50. The summed E-state index contributed by atoms with van der Waals surface area (Å²) in [6, 6.07) is 6.11. The standard InChI is InChI=1S/C16H18F2N2OS/c1-16(2)15(21)8-12-13(18)6-10(17)7-14(12)20(16)19-9-11-4-3-5-22-11/h3-7,15,19,21H,8-9H2,1-2H3/t15-/m0/s1. The highest BCUT2D eigenvalue weighted by Gasteiger charge is 2.41. The third-order valence-corrected chi connectivity index (χ3v) is 5.03. The van der Waals surface area contributed by atoms with Gasteiger partial charge in [-0.25, -0.2) is 14.2 Å². The molecule has 0 fully saturated rings. The molecule has 0 unspecified atom stereocenters. The average Bonchev–Trinajstić information content (AvgIpc) is 2.94. The number of halogens is 2. The van der Waals surface area contributed by atoms with Crippen LogP contribution in [0.2, 0.25) is 0 Å². The lowest BCUT2D eigenvalue weighted by atomic mass is 9.85. The van der Waals surface area contributed by atoms with Gasteiger partial charge in [0.05, 0.1) is 17.3 Å². The van der Waals surface area contributed by atoms with Crippen molar-refractivity contribution in [1.82, 2.24) is 5.43 Å². The second-order valence-electron chi connectivity index (χ2n) is 6.01. The summed E-state index contributed by atoms with van der Waals surface area (Å²) in [7, 11) is 0. The topological polar surface area (TPSA) is 35.5 Å². The number of hydrogen-bond donors (Lipinski definition) is 2. The fourth-order valence-electron chi connectivity index (χ4n) is 2.75. The Balaban J connectivity index is 1.98. The summed E-state index contributed by atoms with van der Waals surface area (Å²) in [5.41, 5.74) is 3.32. The van der Waals surface area contributed by atoms with Crippen molar-refractivity contribution < 1.29 is 13.9 Å². The maximum absolute atomic E-state index is 14.0. The molecule has 1 atom stereocenters. The fraction of sp³-hybridized carbons (Fsp3) is 0.375. The molecule has 3 nitrogen and oxygen atoms in total. The monoisotopic (exact) mass is 324 g/mol. The van der Waals surface area contributed by atoms with E-state index < -0.39 is 23.3 Å². The lowest BCUT2D eigenvalue weighted by molar-refractivity contribution is 0.0830. The van der Waals surface area contributed by atoms with Crippen LogP contribution in [0.15, 0.2) is 29.6 Å². The summed E-state index contributed by atoms with van der Waals surface area (Å²) in [5, 5.41) is 14.0. The first-order valence-corrected chi connectivity index (χ1v) is 7.99. The number of rotatable bonds is 3. The first-order chi connectivity index (χ1) is 10.4. The molecular formula is C16H18F2N2OS. The van der Waals surface area contributed by atoms with Crippen LogP contribution in [0, 0.1) is 11.6 Å². The molecule has 1 aromatic heterocycles. The van der Waals surface area contributed by atoms with Crippen molar-refractivity contribution >= 4 is 17.0 Å². The molecule has 2 N–H and O–H groups in total. The van der Waals surface area contributed by atoms with Crippen molar-refractivity contribution in [2.24, 2.45) is 0 Å². The molecule has 1 aromatic carbocycles. The Kier molecular flexibility index (Phi) is 3.92. The van der Waals surface area contributed by atoms with E-state index in [1.54, 1.807) is 16.3 Å². The van der Waals surface area contributed by atoms with Crippen molar-refractivity contribution in [3.63, 3.8) is 0 Å². The SMILES string of the molecule is CC1(C)[C@@H](O)Cc2c(F)cc(F)cc2N1NCc1cccs1. The molecule has 2 heterocycles. The van der Waals surface area contributed by atoms with Crippen LogP contribution in [-0.2, 0) is 13.0 Å². The van der Waals surface area contributed by atoms with E-state index in [4.69, 9.17) is 0 Å². The number of fused-ring (bicyclic) bond motifs is 1. The molecule has 0 amide bonds. The molecule has 0 saturated heterocycles. The molecule has 6 heteroatoms. The molecule has 1 aliphatic heterocycles. The number of anilines is 1. The van der Waals surface area contributed by atoms with Crippen LogP contribution in [0.25, 0.3) is 0 Å². The Morgan fingerprint density at radius 1 is 1.41 bits per heavy atom. The van der Waals surface area contributed by atoms with E-state index in [2.05, 4.69) is 5.43 Å². The predicted octanol–water partition coefficient (Wildman–Crippen LogP) is 3.23. The van der Waals surface area contributed by atoms with Crippen molar-refractivity contribution in [2.75, 3.05) is 5.01 Å². The van der Waals surface area contributed by atoms with Crippen LogP contribution in [0.4, 0.5) is 14.5 Å². The number of aliphatic hydroxyl groups excluding tert-OH is 1. The zero-order valence-electron chi connectivity index (χ0n) is 12.4. The first-order valence-electron chi connectivity index (χ1n) is 7.11. The summed E-state index contributed by atoms with van der Waals surface area (Å²) >= 11 is 1.60. The Bertz CT molecular complexity index is 673. The van der Waals surface area contributed by atoms with Crippen LogP contribution in [0.3, 0.4) is 0 Å². The van der Waals surface area contributed by atoms with Crippen molar-refractivity contribution in [1.29, 1.82) is 0 Å². The molecule has 0 aliphatic carbocycles. The van der Waals surface area contributed by atoms with Crippen molar-refractivity contribution in [3.8, 4) is 0 Å². The highest BCUT2D eigenvalue weighted by Crippen LogP contribution is 2.37. The van der Waals surface area contributed by atoms with Gasteiger partial charge in [-0.15, -0.1) is 11.3 Å². The van der Waals surface area contributed by atoms with Crippen molar-refractivity contribution in [2.45, 2.75) is 38.5 Å². The minimum absolute atomic E-state index is 0.172. The number of benzene rings is 1. The number of thiophene rings is 1. The van der Waals surface area contributed by atoms with Gasteiger partial charge in [0.25, 0.3) is 0 Å². The van der Waals surface area contributed by atoms with E-state index in [-0.39, 0.29) is 6.42 Å². The van der Waals surface area contributed by atoms with Gasteiger partial charge in [0.15, 0.2) is 0 Å². The van der Waals surface area contributed by atoms with Gasteiger partial charge < -0.3 is 5.11 Å². The number of aliphatic hydroxyl groups is 1. The predicted molar refractivity (Wildman–Crippen MR) is 83.8 cm³/mol. The van der Waals surface area contributed by atoms with Crippen molar-refractivity contribution in [3.05, 3.63) is 51.7 Å². The normalized spacial score (nSPS) is 20.0. The number of nitrogens with zero attached hydrogens (tertiary/aromatic N) is 1. The molecule has 118 valence electrons. The van der Waals surface area contributed by atoms with Crippen LogP contribution < -0.4 is 10.4 Å². The Morgan fingerprint density at radius 3 is 2.86 bits per heavy atom. The number of hydrazine groups is 1. The second kappa shape index (κ2) is 5.61. The van der Waals surface area contributed by atoms with E-state index in [0.717, 1.165) is 10.9 Å². The minimum atomic E-state index is -0.754. The van der Waals surface area contributed by atoms with Gasteiger partial charge in [-0.1, -0.05) is 6.07 Å². The molecule has 0 spiro atoms. The summed E-state index contributed by atoms with van der Waals surface area (Å²) in [6.45, 7) is 4.24. The quantitative estimate of drug-likeness (QED) is 0.910. The van der Waals surface area contributed by atoms with Gasteiger partial charge in [-0.2, -0.15) is 0 Å². The summed E-state index contributed by atoms with van der Waals surface area (Å²) in [6.07, 6.45) is -0.582. The molecule has 3 rings (SSSR count). The highest BCUT2D eigenvalue weighted by molar-refractivity contribution is 7.09. The molecule has 0 radical (unpaired) electrons. The second-order valence-corrected chi connectivity index (χ2v) is 7.04. The molecular weight excluding hydrogens is 306 g/mol. The summed E-state index contributed by atoms with van der Waals surface area (Å²) in [5.74, 6) is -1.24. The van der Waals surface area contributed by atoms with Gasteiger partial charge in [0.1, 0.15) is 11.6 Å². The molecule has 0 saturated carbocycles. The van der Waals surface area contributed by atoms with E-state index in [1.165, 1.54) is 6.07 Å². The zero-order valence-corrected chi connectivity index (χ0v) is 13.3. The van der Waals surface area contributed by atoms with Gasteiger partial charge >= 0.3 is 0 Å². The third kappa shape index (κ3) is 2.62. The third-order valence-electron chi connectivity index (χ3n) is 4.16. The van der Waals surface area contributed by atoms with Gasteiger partial charge in [-0.3, -0.25) is 5.01 Å². The number of nitrogens with one attached hydrogen (secondary N) is 1.